The van der Waals surface area contributed by atoms with Gasteiger partial charge in [-0.2, -0.15) is 0 Å². The van der Waals surface area contributed by atoms with Crippen LogP contribution >= 0.6 is 12.4 Å². The summed E-state index contributed by atoms with van der Waals surface area (Å²) in [7, 11) is 1.65. The molecule has 0 radical (unpaired) electrons. The molecule has 1 saturated carbocycles. The van der Waals surface area contributed by atoms with Gasteiger partial charge >= 0.3 is 0 Å². The lowest BCUT2D eigenvalue weighted by Crippen LogP contribution is -2.36. The number of amides is 1. The van der Waals surface area contributed by atoms with Crippen LogP contribution in [0.5, 0.6) is 0 Å². The Labute approximate surface area is 97.5 Å². The minimum Gasteiger partial charge on any atom is -0.383 e. The van der Waals surface area contributed by atoms with Gasteiger partial charge in [-0.3, -0.25) is 4.79 Å². The molecule has 5 heteroatoms. The Morgan fingerprint density at radius 2 is 2.20 bits per heavy atom. The molecule has 1 fully saturated rings. The zero-order chi connectivity index (χ0) is 10.4. The van der Waals surface area contributed by atoms with E-state index in [-0.39, 0.29) is 18.3 Å². The topological polar surface area (TPSA) is 50.4 Å². The first-order valence-corrected chi connectivity index (χ1v) is 5.20. The van der Waals surface area contributed by atoms with Crippen molar-refractivity contribution in [1.29, 1.82) is 0 Å². The van der Waals surface area contributed by atoms with Crippen LogP contribution < -0.4 is 10.6 Å². The third-order valence-electron chi connectivity index (χ3n) is 2.61. The Bertz CT molecular complexity index is 190. The fraction of sp³-hybridized carbons (Fsp3) is 0.900. The van der Waals surface area contributed by atoms with Crippen molar-refractivity contribution < 1.29 is 9.53 Å². The lowest BCUT2D eigenvalue weighted by atomic mass is 10.3. The van der Waals surface area contributed by atoms with E-state index in [1.165, 1.54) is 6.42 Å². The van der Waals surface area contributed by atoms with Crippen molar-refractivity contribution in [3.63, 3.8) is 0 Å². The SMILES string of the molecule is COCCNCC(=O)NCC1CC1C.Cl. The highest BCUT2D eigenvalue weighted by molar-refractivity contribution is 5.85. The second kappa shape index (κ2) is 7.91. The van der Waals surface area contributed by atoms with E-state index >= 15 is 0 Å². The number of rotatable bonds is 7. The summed E-state index contributed by atoms with van der Waals surface area (Å²) in [6, 6.07) is 0. The largest absolute Gasteiger partial charge is 0.383 e. The van der Waals surface area contributed by atoms with Gasteiger partial charge in [-0.05, 0) is 18.3 Å². The molecule has 1 amide bonds. The van der Waals surface area contributed by atoms with Gasteiger partial charge in [0.05, 0.1) is 13.2 Å². The van der Waals surface area contributed by atoms with E-state index in [1.54, 1.807) is 7.11 Å². The van der Waals surface area contributed by atoms with E-state index in [9.17, 15) is 4.79 Å². The van der Waals surface area contributed by atoms with Gasteiger partial charge in [0, 0.05) is 20.2 Å². The summed E-state index contributed by atoms with van der Waals surface area (Å²) in [5.74, 6) is 1.61. The van der Waals surface area contributed by atoms with Gasteiger partial charge in [0.15, 0.2) is 0 Å². The fourth-order valence-electron chi connectivity index (χ4n) is 1.37. The number of nitrogens with one attached hydrogen (secondary N) is 2. The van der Waals surface area contributed by atoms with Crippen molar-refractivity contribution in [2.75, 3.05) is 33.4 Å². The average Bonchev–Trinajstić information content (AvgIpc) is 2.86. The zero-order valence-electron chi connectivity index (χ0n) is 9.41. The summed E-state index contributed by atoms with van der Waals surface area (Å²) in [6.45, 7) is 4.82. The maximum Gasteiger partial charge on any atom is 0.233 e. The highest BCUT2D eigenvalue weighted by Crippen LogP contribution is 2.36. The van der Waals surface area contributed by atoms with Crippen molar-refractivity contribution in [2.24, 2.45) is 11.8 Å². The highest BCUT2D eigenvalue weighted by Gasteiger charge is 2.32. The first-order valence-electron chi connectivity index (χ1n) is 5.20. The maximum atomic E-state index is 11.2. The van der Waals surface area contributed by atoms with Crippen LogP contribution in [0, 0.1) is 11.8 Å². The summed E-state index contributed by atoms with van der Waals surface area (Å²) in [5.41, 5.74) is 0. The van der Waals surface area contributed by atoms with E-state index in [4.69, 9.17) is 4.74 Å². The predicted octanol–water partition coefficient (Wildman–Crippen LogP) is 0.416. The second-order valence-electron chi connectivity index (χ2n) is 3.95. The van der Waals surface area contributed by atoms with Gasteiger partial charge in [-0.25, -0.2) is 0 Å². The van der Waals surface area contributed by atoms with Gasteiger partial charge in [0.2, 0.25) is 5.91 Å². The van der Waals surface area contributed by atoms with Crippen molar-refractivity contribution in [1.82, 2.24) is 10.6 Å². The molecule has 2 N–H and O–H groups in total. The Morgan fingerprint density at radius 3 is 2.73 bits per heavy atom. The van der Waals surface area contributed by atoms with Crippen molar-refractivity contribution >= 4 is 18.3 Å². The van der Waals surface area contributed by atoms with Gasteiger partial charge in [0.25, 0.3) is 0 Å². The Hall–Kier alpha value is -0.320. The minimum atomic E-state index is 0. The van der Waals surface area contributed by atoms with E-state index < -0.39 is 0 Å². The molecule has 90 valence electrons. The molecule has 2 unspecified atom stereocenters. The molecule has 0 aliphatic heterocycles. The molecule has 2 atom stereocenters. The third kappa shape index (κ3) is 6.71. The van der Waals surface area contributed by atoms with Crippen LogP contribution in [-0.2, 0) is 9.53 Å². The third-order valence-corrected chi connectivity index (χ3v) is 2.61. The van der Waals surface area contributed by atoms with Crippen LogP contribution in [0.3, 0.4) is 0 Å². The fourth-order valence-corrected chi connectivity index (χ4v) is 1.37. The van der Waals surface area contributed by atoms with E-state index in [0.29, 0.717) is 13.2 Å². The van der Waals surface area contributed by atoms with Gasteiger partial charge in [-0.1, -0.05) is 6.92 Å². The number of hydrogen-bond acceptors (Lipinski definition) is 3. The number of carbonyl (C=O) groups excluding carboxylic acids is 1. The van der Waals surface area contributed by atoms with Gasteiger partial charge in [-0.15, -0.1) is 12.4 Å². The van der Waals surface area contributed by atoms with Crippen LogP contribution in [-0.4, -0.2) is 39.3 Å². The standard InChI is InChI=1S/C10H20N2O2.ClH/c1-8-5-9(8)6-12-10(13)7-11-3-4-14-2;/h8-9,11H,3-7H2,1-2H3,(H,12,13);1H. The molecule has 0 bridgehead atoms. The number of hydrogen-bond donors (Lipinski definition) is 2. The van der Waals surface area contributed by atoms with Crippen LogP contribution in [0.2, 0.25) is 0 Å². The zero-order valence-corrected chi connectivity index (χ0v) is 10.2. The van der Waals surface area contributed by atoms with Crippen molar-refractivity contribution in [3.05, 3.63) is 0 Å². The second-order valence-corrected chi connectivity index (χ2v) is 3.95. The molecule has 1 aliphatic carbocycles. The van der Waals surface area contributed by atoms with Crippen LogP contribution in [0.4, 0.5) is 0 Å². The maximum absolute atomic E-state index is 11.2. The summed E-state index contributed by atoms with van der Waals surface area (Å²) < 4.78 is 4.85. The number of ether oxygens (including phenoxy) is 1. The molecule has 4 nitrogen and oxygen atoms in total. The summed E-state index contributed by atoms with van der Waals surface area (Å²) >= 11 is 0. The molecule has 0 aromatic rings. The molecule has 15 heavy (non-hydrogen) atoms. The Balaban J connectivity index is 0.00000196. The quantitative estimate of drug-likeness (QED) is 0.630. The molecule has 0 heterocycles. The normalized spacial score (nSPS) is 23.1. The summed E-state index contributed by atoms with van der Waals surface area (Å²) in [6.07, 6.45) is 1.26. The lowest BCUT2D eigenvalue weighted by Gasteiger charge is -2.05. The molecule has 0 spiro atoms. The van der Waals surface area contributed by atoms with E-state index in [2.05, 4.69) is 17.6 Å². The molecule has 0 aromatic carbocycles. The van der Waals surface area contributed by atoms with Crippen LogP contribution in [0.25, 0.3) is 0 Å². The average molecular weight is 237 g/mol. The first-order chi connectivity index (χ1) is 6.74. The summed E-state index contributed by atoms with van der Waals surface area (Å²) in [5, 5.41) is 5.91. The molecule has 0 aromatic heterocycles. The van der Waals surface area contributed by atoms with Crippen LogP contribution in [0.1, 0.15) is 13.3 Å². The van der Waals surface area contributed by atoms with Crippen molar-refractivity contribution in [3.8, 4) is 0 Å². The monoisotopic (exact) mass is 236 g/mol. The van der Waals surface area contributed by atoms with Crippen molar-refractivity contribution in [2.45, 2.75) is 13.3 Å². The molecule has 1 aliphatic rings. The Kier molecular flexibility index (Phi) is 7.74. The minimum absolute atomic E-state index is 0. The number of halogens is 1. The summed E-state index contributed by atoms with van der Waals surface area (Å²) in [4.78, 5) is 11.2. The Morgan fingerprint density at radius 1 is 1.53 bits per heavy atom. The highest BCUT2D eigenvalue weighted by atomic mass is 35.5. The number of carbonyl (C=O) groups is 1. The van der Waals surface area contributed by atoms with E-state index in [0.717, 1.165) is 24.9 Å². The first kappa shape index (κ1) is 14.7. The molecular weight excluding hydrogens is 216 g/mol. The smallest absolute Gasteiger partial charge is 0.233 e. The van der Waals surface area contributed by atoms with Crippen LogP contribution in [0.15, 0.2) is 0 Å². The van der Waals surface area contributed by atoms with Gasteiger partial charge in [0.1, 0.15) is 0 Å². The lowest BCUT2D eigenvalue weighted by molar-refractivity contribution is -0.120. The number of methoxy groups -OCH3 is 1. The molecule has 1 rings (SSSR count). The van der Waals surface area contributed by atoms with E-state index in [1.807, 2.05) is 0 Å². The molecule has 0 saturated heterocycles. The van der Waals surface area contributed by atoms with Gasteiger partial charge < -0.3 is 15.4 Å². The molecular formula is C10H21ClN2O2. The predicted molar refractivity (Wildman–Crippen MR) is 62.3 cm³/mol.